The van der Waals surface area contributed by atoms with Crippen LogP contribution in [0.4, 0.5) is 0 Å². The third-order valence-corrected chi connectivity index (χ3v) is 5.60. The molecular weight excluding hydrogens is 314 g/mol. The number of hydrogen-bond donors (Lipinski definition) is 3. The molecule has 0 bridgehead atoms. The molecule has 0 heterocycles. The highest BCUT2D eigenvalue weighted by Gasteiger charge is 2.50. The Morgan fingerprint density at radius 1 is 1.08 bits per heavy atom. The Hall–Kier alpha value is -1.38. The minimum atomic E-state index is -1.16. The summed E-state index contributed by atoms with van der Waals surface area (Å²) in [6.07, 6.45) is 5.13. The molecule has 0 aromatic heterocycles. The van der Waals surface area contributed by atoms with E-state index < -0.39 is 5.60 Å². The van der Waals surface area contributed by atoms with Crippen LogP contribution in [0.15, 0.2) is 30.3 Å². The van der Waals surface area contributed by atoms with E-state index >= 15 is 0 Å². The number of aliphatic hydroxyl groups is 3. The maximum absolute atomic E-state index is 11.7. The fraction of sp³-hybridized carbons (Fsp3) is 0.619. The third-order valence-electron chi connectivity index (χ3n) is 5.60. The van der Waals surface area contributed by atoms with Crippen LogP contribution in [-0.4, -0.2) is 53.1 Å². The fourth-order valence-corrected chi connectivity index (χ4v) is 4.05. The summed E-state index contributed by atoms with van der Waals surface area (Å²) in [7, 11) is 0. The molecular formula is C21H31NO3. The van der Waals surface area contributed by atoms with Crippen molar-refractivity contribution in [2.75, 3.05) is 32.8 Å². The van der Waals surface area contributed by atoms with Gasteiger partial charge in [0.1, 0.15) is 0 Å². The van der Waals surface area contributed by atoms with Crippen LogP contribution in [0.1, 0.15) is 44.6 Å². The van der Waals surface area contributed by atoms with Crippen LogP contribution >= 0.6 is 0 Å². The van der Waals surface area contributed by atoms with Crippen molar-refractivity contribution in [2.24, 2.45) is 5.41 Å². The van der Waals surface area contributed by atoms with Crippen molar-refractivity contribution in [3.63, 3.8) is 0 Å². The molecule has 1 aliphatic carbocycles. The first-order valence-electron chi connectivity index (χ1n) is 9.34. The highest BCUT2D eigenvalue weighted by molar-refractivity contribution is 5.36. The molecule has 1 fully saturated rings. The zero-order chi connectivity index (χ0) is 18.2. The Kier molecular flexibility index (Phi) is 7.46. The van der Waals surface area contributed by atoms with Gasteiger partial charge in [-0.1, -0.05) is 61.9 Å². The smallest absolute Gasteiger partial charge is 0.156 e. The van der Waals surface area contributed by atoms with Gasteiger partial charge in [-0.05, 0) is 24.8 Å². The van der Waals surface area contributed by atoms with E-state index in [0.29, 0.717) is 19.6 Å². The van der Waals surface area contributed by atoms with Crippen molar-refractivity contribution < 1.29 is 15.3 Å². The molecule has 2 rings (SSSR count). The summed E-state index contributed by atoms with van der Waals surface area (Å²) >= 11 is 0. The minimum Gasteiger partial charge on any atom is -0.395 e. The molecule has 0 aliphatic heterocycles. The summed E-state index contributed by atoms with van der Waals surface area (Å²) in [4.78, 5) is 1.89. The number of aliphatic hydroxyl groups excluding tert-OH is 2. The molecule has 0 radical (unpaired) electrons. The molecule has 25 heavy (non-hydrogen) atoms. The van der Waals surface area contributed by atoms with Crippen molar-refractivity contribution in [3.05, 3.63) is 35.9 Å². The molecule has 4 nitrogen and oxygen atoms in total. The normalized spacial score (nSPS) is 18.6. The second-order valence-corrected chi connectivity index (χ2v) is 6.94. The van der Waals surface area contributed by atoms with Crippen LogP contribution < -0.4 is 0 Å². The lowest BCUT2D eigenvalue weighted by Crippen LogP contribution is -2.43. The molecule has 4 heteroatoms. The summed E-state index contributed by atoms with van der Waals surface area (Å²) in [5.74, 6) is 6.33. The molecule has 138 valence electrons. The average molecular weight is 345 g/mol. The number of rotatable bonds is 8. The van der Waals surface area contributed by atoms with Crippen LogP contribution in [-0.2, 0) is 5.60 Å². The van der Waals surface area contributed by atoms with Gasteiger partial charge in [0.2, 0.25) is 0 Å². The first kappa shape index (κ1) is 19.9. The molecule has 1 aliphatic rings. The summed E-state index contributed by atoms with van der Waals surface area (Å²) in [6.45, 7) is 3.57. The number of nitrogens with zero attached hydrogens (tertiary/aromatic N) is 1. The quantitative estimate of drug-likeness (QED) is 0.632. The maximum atomic E-state index is 11.7. The Bertz CT molecular complexity index is 566. The van der Waals surface area contributed by atoms with Crippen LogP contribution in [0.5, 0.6) is 0 Å². The molecule has 1 saturated carbocycles. The Balaban J connectivity index is 2.32. The molecule has 0 amide bonds. The van der Waals surface area contributed by atoms with Crippen LogP contribution in [0.25, 0.3) is 0 Å². The zero-order valence-corrected chi connectivity index (χ0v) is 15.2. The van der Waals surface area contributed by atoms with Gasteiger partial charge in [-0.3, -0.25) is 4.90 Å². The Labute approximate surface area is 151 Å². The molecule has 0 spiro atoms. The van der Waals surface area contributed by atoms with Gasteiger partial charge in [0.15, 0.2) is 5.60 Å². The second kappa shape index (κ2) is 9.35. The van der Waals surface area contributed by atoms with Gasteiger partial charge >= 0.3 is 0 Å². The van der Waals surface area contributed by atoms with Gasteiger partial charge in [-0.15, -0.1) is 0 Å². The Morgan fingerprint density at radius 2 is 1.68 bits per heavy atom. The van der Waals surface area contributed by atoms with Gasteiger partial charge in [-0.25, -0.2) is 0 Å². The lowest BCUT2D eigenvalue weighted by molar-refractivity contribution is -0.0422. The summed E-state index contributed by atoms with van der Waals surface area (Å²) < 4.78 is 0. The van der Waals surface area contributed by atoms with Gasteiger partial charge in [0.25, 0.3) is 0 Å². The van der Waals surface area contributed by atoms with E-state index in [1.165, 1.54) is 0 Å². The Morgan fingerprint density at radius 3 is 2.20 bits per heavy atom. The van der Waals surface area contributed by atoms with Crippen LogP contribution in [0, 0.1) is 17.3 Å². The van der Waals surface area contributed by atoms with Crippen molar-refractivity contribution in [3.8, 4) is 11.8 Å². The van der Waals surface area contributed by atoms with E-state index in [4.69, 9.17) is 10.2 Å². The minimum absolute atomic E-state index is 0.0313. The SMILES string of the molecule is CCC1(C(O)(C#CCN(CCO)CCO)c2ccccc2)CCCC1. The van der Waals surface area contributed by atoms with E-state index in [-0.39, 0.29) is 18.6 Å². The standard InChI is InChI=1S/C21H31NO3/c1-2-20(11-6-7-12-20)21(25,19-9-4-3-5-10-19)13-8-14-22(15-17-23)16-18-24/h3-5,9-10,23-25H,2,6-7,11-12,14-18H2,1H3. The molecule has 0 saturated heterocycles. The average Bonchev–Trinajstić information content (AvgIpc) is 3.13. The van der Waals surface area contributed by atoms with E-state index in [1.54, 1.807) is 0 Å². The summed E-state index contributed by atoms with van der Waals surface area (Å²) in [5.41, 5.74) is -0.508. The summed E-state index contributed by atoms with van der Waals surface area (Å²) in [5, 5.41) is 30.0. The molecule has 1 atom stereocenters. The van der Waals surface area contributed by atoms with Gasteiger partial charge in [-0.2, -0.15) is 0 Å². The summed E-state index contributed by atoms with van der Waals surface area (Å²) in [6, 6.07) is 9.77. The van der Waals surface area contributed by atoms with Crippen molar-refractivity contribution in [1.29, 1.82) is 0 Å². The van der Waals surface area contributed by atoms with E-state index in [2.05, 4.69) is 18.8 Å². The molecule has 1 unspecified atom stereocenters. The van der Waals surface area contributed by atoms with E-state index in [1.807, 2.05) is 35.2 Å². The topological polar surface area (TPSA) is 63.9 Å². The zero-order valence-electron chi connectivity index (χ0n) is 15.2. The third kappa shape index (κ3) is 4.43. The van der Waals surface area contributed by atoms with Gasteiger partial charge < -0.3 is 15.3 Å². The highest BCUT2D eigenvalue weighted by Crippen LogP contribution is 2.53. The monoisotopic (exact) mass is 345 g/mol. The molecule has 1 aromatic carbocycles. The van der Waals surface area contributed by atoms with Crippen molar-refractivity contribution in [1.82, 2.24) is 4.90 Å². The predicted molar refractivity (Wildman–Crippen MR) is 99.9 cm³/mol. The predicted octanol–water partition coefficient (Wildman–Crippen LogP) is 2.13. The second-order valence-electron chi connectivity index (χ2n) is 6.94. The lowest BCUT2D eigenvalue weighted by Gasteiger charge is -2.42. The number of hydrogen-bond acceptors (Lipinski definition) is 4. The maximum Gasteiger partial charge on any atom is 0.156 e. The molecule has 1 aromatic rings. The lowest BCUT2D eigenvalue weighted by atomic mass is 9.65. The van der Waals surface area contributed by atoms with Crippen LogP contribution in [0.2, 0.25) is 0 Å². The number of benzene rings is 1. The van der Waals surface area contributed by atoms with Crippen molar-refractivity contribution >= 4 is 0 Å². The van der Waals surface area contributed by atoms with Crippen molar-refractivity contribution in [2.45, 2.75) is 44.6 Å². The first-order valence-corrected chi connectivity index (χ1v) is 9.34. The van der Waals surface area contributed by atoms with E-state index in [0.717, 1.165) is 37.7 Å². The largest absolute Gasteiger partial charge is 0.395 e. The molecule has 3 N–H and O–H groups in total. The van der Waals surface area contributed by atoms with Gasteiger partial charge in [0, 0.05) is 18.5 Å². The van der Waals surface area contributed by atoms with E-state index in [9.17, 15) is 5.11 Å². The first-order chi connectivity index (χ1) is 12.1. The fourth-order valence-electron chi connectivity index (χ4n) is 4.05. The van der Waals surface area contributed by atoms with Crippen LogP contribution in [0.3, 0.4) is 0 Å². The highest BCUT2D eigenvalue weighted by atomic mass is 16.3. The van der Waals surface area contributed by atoms with Gasteiger partial charge in [0.05, 0.1) is 19.8 Å².